The summed E-state index contributed by atoms with van der Waals surface area (Å²) in [7, 11) is 0. The van der Waals surface area contributed by atoms with Crippen molar-refractivity contribution in [2.45, 2.75) is 32.3 Å². The molecule has 0 amide bonds. The molecule has 4 heteroatoms. The van der Waals surface area contributed by atoms with Gasteiger partial charge in [0.2, 0.25) is 0 Å². The summed E-state index contributed by atoms with van der Waals surface area (Å²) in [5, 5.41) is 9.79. The minimum absolute atomic E-state index is 0.204. The molecule has 82 valence electrons. The number of ether oxygens (including phenoxy) is 1. The molecule has 14 heavy (non-hydrogen) atoms. The second kappa shape index (κ2) is 4.75. The van der Waals surface area contributed by atoms with Gasteiger partial charge in [-0.3, -0.25) is 9.69 Å². The molecule has 0 radical (unpaired) electrons. The Morgan fingerprint density at radius 1 is 1.64 bits per heavy atom. The zero-order valence-corrected chi connectivity index (χ0v) is 8.95. The summed E-state index contributed by atoms with van der Waals surface area (Å²) in [5.74, 6) is -0.204. The average molecular weight is 201 g/mol. The summed E-state index contributed by atoms with van der Waals surface area (Å²) in [5.41, 5.74) is -0.648. The van der Waals surface area contributed by atoms with Gasteiger partial charge in [0.1, 0.15) is 0 Å². The van der Waals surface area contributed by atoms with Gasteiger partial charge in [-0.1, -0.05) is 0 Å². The predicted octanol–water partition coefficient (Wildman–Crippen LogP) is 0.396. The Bertz CT molecular complexity index is 204. The first-order valence-corrected chi connectivity index (χ1v) is 5.14. The van der Waals surface area contributed by atoms with Crippen molar-refractivity contribution in [2.75, 3.05) is 26.2 Å². The van der Waals surface area contributed by atoms with Crippen molar-refractivity contribution in [3.63, 3.8) is 0 Å². The van der Waals surface area contributed by atoms with E-state index >= 15 is 0 Å². The molecule has 0 aromatic rings. The van der Waals surface area contributed by atoms with Crippen molar-refractivity contribution in [2.24, 2.45) is 0 Å². The van der Waals surface area contributed by atoms with Crippen LogP contribution in [0.4, 0.5) is 0 Å². The van der Waals surface area contributed by atoms with E-state index in [9.17, 15) is 9.90 Å². The van der Waals surface area contributed by atoms with Gasteiger partial charge in [0.05, 0.1) is 18.8 Å². The number of aliphatic hydroxyl groups is 1. The summed E-state index contributed by atoms with van der Waals surface area (Å²) in [4.78, 5) is 13.1. The fourth-order valence-electron chi connectivity index (χ4n) is 1.85. The SMILES string of the molecule is CCOC(=O)CN1CCCC(C)(O)C1. The Labute approximate surface area is 84.8 Å². The summed E-state index contributed by atoms with van der Waals surface area (Å²) < 4.78 is 4.85. The lowest BCUT2D eigenvalue weighted by molar-refractivity contribution is -0.145. The van der Waals surface area contributed by atoms with Crippen molar-refractivity contribution in [3.05, 3.63) is 0 Å². The molecule has 1 fully saturated rings. The molecule has 4 nitrogen and oxygen atoms in total. The number of rotatable bonds is 3. The van der Waals surface area contributed by atoms with Crippen LogP contribution >= 0.6 is 0 Å². The smallest absolute Gasteiger partial charge is 0.320 e. The summed E-state index contributed by atoms with van der Waals surface area (Å²) in [6.45, 7) is 5.75. The largest absolute Gasteiger partial charge is 0.465 e. The molecule has 1 saturated heterocycles. The van der Waals surface area contributed by atoms with Crippen LogP contribution in [0.3, 0.4) is 0 Å². The minimum Gasteiger partial charge on any atom is -0.465 e. The van der Waals surface area contributed by atoms with Gasteiger partial charge in [-0.05, 0) is 33.2 Å². The Morgan fingerprint density at radius 3 is 2.93 bits per heavy atom. The first kappa shape index (κ1) is 11.5. The number of esters is 1. The lowest BCUT2D eigenvalue weighted by atomic mass is 9.95. The monoisotopic (exact) mass is 201 g/mol. The molecule has 0 aliphatic carbocycles. The molecular weight excluding hydrogens is 182 g/mol. The van der Waals surface area contributed by atoms with Crippen molar-refractivity contribution in [1.82, 2.24) is 4.90 Å². The highest BCUT2D eigenvalue weighted by atomic mass is 16.5. The Balaban J connectivity index is 2.34. The molecule has 0 spiro atoms. The van der Waals surface area contributed by atoms with E-state index in [0.29, 0.717) is 19.7 Å². The maximum Gasteiger partial charge on any atom is 0.320 e. The molecule has 0 saturated carbocycles. The standard InChI is InChI=1S/C10H19NO3/c1-3-14-9(12)7-11-6-4-5-10(2,13)8-11/h13H,3-8H2,1-2H3. The molecule has 1 aliphatic rings. The van der Waals surface area contributed by atoms with Gasteiger partial charge < -0.3 is 9.84 Å². The van der Waals surface area contributed by atoms with Crippen LogP contribution in [0.5, 0.6) is 0 Å². The normalized spacial score (nSPS) is 28.8. The van der Waals surface area contributed by atoms with E-state index in [1.54, 1.807) is 6.92 Å². The second-order valence-electron chi connectivity index (χ2n) is 4.12. The maximum absolute atomic E-state index is 11.2. The van der Waals surface area contributed by atoms with Crippen molar-refractivity contribution < 1.29 is 14.6 Å². The average Bonchev–Trinajstić information content (AvgIpc) is 2.02. The van der Waals surface area contributed by atoms with Crippen LogP contribution < -0.4 is 0 Å². The quantitative estimate of drug-likeness (QED) is 0.671. The van der Waals surface area contributed by atoms with Crippen LogP contribution in [-0.4, -0.2) is 47.8 Å². The van der Waals surface area contributed by atoms with Crippen LogP contribution in [0.25, 0.3) is 0 Å². The number of likely N-dealkylation sites (tertiary alicyclic amines) is 1. The zero-order chi connectivity index (χ0) is 10.6. The first-order valence-electron chi connectivity index (χ1n) is 5.14. The number of carbonyl (C=O) groups excluding carboxylic acids is 1. The summed E-state index contributed by atoms with van der Waals surface area (Å²) in [6, 6.07) is 0. The number of hydrogen-bond acceptors (Lipinski definition) is 4. The van der Waals surface area contributed by atoms with Gasteiger partial charge >= 0.3 is 5.97 Å². The minimum atomic E-state index is -0.648. The molecule has 1 unspecified atom stereocenters. The van der Waals surface area contributed by atoms with Crippen LogP contribution in [-0.2, 0) is 9.53 Å². The van der Waals surface area contributed by atoms with Crippen molar-refractivity contribution in [3.8, 4) is 0 Å². The van der Waals surface area contributed by atoms with Crippen LogP contribution in [0.15, 0.2) is 0 Å². The van der Waals surface area contributed by atoms with Gasteiger partial charge in [0, 0.05) is 6.54 Å². The molecule has 1 atom stereocenters. The van der Waals surface area contributed by atoms with E-state index in [4.69, 9.17) is 4.74 Å². The Hall–Kier alpha value is -0.610. The molecule has 0 aromatic heterocycles. The molecule has 1 N–H and O–H groups in total. The van der Waals surface area contributed by atoms with Crippen LogP contribution in [0, 0.1) is 0 Å². The third kappa shape index (κ3) is 3.64. The predicted molar refractivity (Wildman–Crippen MR) is 52.9 cm³/mol. The van der Waals surface area contributed by atoms with Gasteiger partial charge in [-0.15, -0.1) is 0 Å². The van der Waals surface area contributed by atoms with E-state index < -0.39 is 5.60 Å². The number of nitrogens with zero attached hydrogens (tertiary/aromatic N) is 1. The van der Waals surface area contributed by atoms with Gasteiger partial charge in [0.15, 0.2) is 0 Å². The topological polar surface area (TPSA) is 49.8 Å². The van der Waals surface area contributed by atoms with Crippen molar-refractivity contribution >= 4 is 5.97 Å². The van der Waals surface area contributed by atoms with Gasteiger partial charge in [-0.2, -0.15) is 0 Å². The molecular formula is C10H19NO3. The third-order valence-electron chi connectivity index (χ3n) is 2.41. The van der Waals surface area contributed by atoms with Crippen LogP contribution in [0.2, 0.25) is 0 Å². The Kier molecular flexibility index (Phi) is 3.89. The lowest BCUT2D eigenvalue weighted by Gasteiger charge is -2.36. The van der Waals surface area contributed by atoms with E-state index in [1.807, 2.05) is 11.8 Å². The van der Waals surface area contributed by atoms with Gasteiger partial charge in [0.25, 0.3) is 0 Å². The third-order valence-corrected chi connectivity index (χ3v) is 2.41. The van der Waals surface area contributed by atoms with Crippen molar-refractivity contribution in [1.29, 1.82) is 0 Å². The zero-order valence-electron chi connectivity index (χ0n) is 8.95. The highest BCUT2D eigenvalue weighted by molar-refractivity contribution is 5.71. The lowest BCUT2D eigenvalue weighted by Crippen LogP contribution is -2.47. The molecule has 1 aliphatic heterocycles. The summed E-state index contributed by atoms with van der Waals surface area (Å²) in [6.07, 6.45) is 1.75. The number of piperidine rings is 1. The van der Waals surface area contributed by atoms with E-state index in [2.05, 4.69) is 0 Å². The molecule has 0 bridgehead atoms. The summed E-state index contributed by atoms with van der Waals surface area (Å²) >= 11 is 0. The number of carbonyl (C=O) groups is 1. The van der Waals surface area contributed by atoms with E-state index in [-0.39, 0.29) is 5.97 Å². The van der Waals surface area contributed by atoms with Crippen LogP contribution in [0.1, 0.15) is 26.7 Å². The second-order valence-corrected chi connectivity index (χ2v) is 4.12. The van der Waals surface area contributed by atoms with E-state index in [1.165, 1.54) is 0 Å². The number of β-amino-alcohol motifs (C(OH)–C–C–N with tert-alkyl or cyclic N) is 1. The molecule has 1 heterocycles. The highest BCUT2D eigenvalue weighted by Crippen LogP contribution is 2.19. The number of hydrogen-bond donors (Lipinski definition) is 1. The molecule has 1 rings (SSSR count). The highest BCUT2D eigenvalue weighted by Gasteiger charge is 2.29. The fraction of sp³-hybridized carbons (Fsp3) is 0.900. The first-order chi connectivity index (χ1) is 6.53. The Morgan fingerprint density at radius 2 is 2.36 bits per heavy atom. The van der Waals surface area contributed by atoms with E-state index in [0.717, 1.165) is 19.4 Å². The maximum atomic E-state index is 11.2. The fourth-order valence-corrected chi connectivity index (χ4v) is 1.85. The van der Waals surface area contributed by atoms with Gasteiger partial charge in [-0.25, -0.2) is 0 Å². The molecule has 0 aromatic carbocycles.